The van der Waals surface area contributed by atoms with E-state index in [0.29, 0.717) is 13.4 Å². The Morgan fingerprint density at radius 1 is 0.474 bits per heavy atom. The molecule has 0 bridgehead atoms. The van der Waals surface area contributed by atoms with E-state index >= 15 is 0 Å². The van der Waals surface area contributed by atoms with Gasteiger partial charge in [0.2, 0.25) is 0 Å². The summed E-state index contributed by atoms with van der Waals surface area (Å²) in [6.45, 7) is 8.78. The second-order valence-corrected chi connectivity index (χ2v) is 10.9. The number of rotatable bonds is 8. The topological polar surface area (TPSA) is 9.23 Å². The fourth-order valence-electron chi connectivity index (χ4n) is 4.56. The van der Waals surface area contributed by atoms with E-state index in [1.807, 2.05) is 0 Å². The van der Waals surface area contributed by atoms with Gasteiger partial charge in [-0.05, 0) is 88.5 Å². The lowest BCUT2D eigenvalue weighted by molar-refractivity contribution is 0.0668. The maximum Gasteiger partial charge on any atom is 0.309 e. The minimum absolute atomic E-state index is 0.198. The molecule has 0 N–H and O–H groups in total. The molecule has 0 unspecified atom stereocenters. The molecule has 5 rings (SSSR count). The fraction of sp³-hybridized carbons (Fsp3) is 0.167. The third-order valence-electron chi connectivity index (χ3n) is 7.58. The van der Waals surface area contributed by atoms with E-state index in [1.165, 1.54) is 50.0 Å². The van der Waals surface area contributed by atoms with Gasteiger partial charge in [0, 0.05) is 5.60 Å². The van der Waals surface area contributed by atoms with Crippen LogP contribution in [0.3, 0.4) is 0 Å². The largest absolute Gasteiger partial charge is 0.429 e. The zero-order chi connectivity index (χ0) is 26.5. The van der Waals surface area contributed by atoms with Crippen molar-refractivity contribution >= 4 is 12.9 Å². The molecule has 0 aliphatic rings. The molecule has 0 spiro atoms. The Balaban J connectivity index is 1.65. The van der Waals surface area contributed by atoms with E-state index in [9.17, 15) is 0 Å². The van der Waals surface area contributed by atoms with Crippen molar-refractivity contribution in [2.75, 3.05) is 0 Å². The van der Waals surface area contributed by atoms with Crippen molar-refractivity contribution in [2.45, 2.75) is 33.3 Å². The smallest absolute Gasteiger partial charge is 0.309 e. The van der Waals surface area contributed by atoms with E-state index < -0.39 is 0 Å². The van der Waals surface area contributed by atoms with Gasteiger partial charge in [-0.3, -0.25) is 0 Å². The van der Waals surface area contributed by atoms with Crippen molar-refractivity contribution < 1.29 is 4.65 Å². The Kier molecular flexibility index (Phi) is 7.63. The van der Waals surface area contributed by atoms with E-state index in [1.54, 1.807) is 0 Å². The molecule has 188 valence electrons. The van der Waals surface area contributed by atoms with Crippen molar-refractivity contribution in [3.63, 3.8) is 0 Å². The van der Waals surface area contributed by atoms with Gasteiger partial charge in [0.25, 0.3) is 0 Å². The molecule has 0 aliphatic heterocycles. The van der Waals surface area contributed by atoms with Crippen LogP contribution in [-0.2, 0) is 4.65 Å². The van der Waals surface area contributed by atoms with Crippen LogP contribution in [0.2, 0.25) is 0 Å². The molecular weight excluding hydrogens is 459 g/mol. The molecule has 0 amide bonds. The fourth-order valence-corrected chi connectivity index (χ4v) is 4.56. The van der Waals surface area contributed by atoms with Crippen LogP contribution in [0.25, 0.3) is 44.5 Å². The average Bonchev–Trinajstić information content (AvgIpc) is 2.97. The monoisotopic (exact) mass is 494 g/mol. The highest BCUT2D eigenvalue weighted by atomic mass is 16.5. The molecule has 1 nitrogen and oxygen atoms in total. The molecule has 0 fully saturated rings. The van der Waals surface area contributed by atoms with Crippen LogP contribution >= 0.6 is 0 Å². The first-order valence-electron chi connectivity index (χ1n) is 13.5. The Labute approximate surface area is 228 Å². The second kappa shape index (κ2) is 11.2. The normalized spacial score (nSPS) is 11.5. The van der Waals surface area contributed by atoms with Crippen LogP contribution in [0.15, 0.2) is 127 Å². The molecule has 0 saturated heterocycles. The van der Waals surface area contributed by atoms with Crippen molar-refractivity contribution in [1.82, 2.24) is 0 Å². The molecular formula is C36H35BO. The maximum absolute atomic E-state index is 6.44. The van der Waals surface area contributed by atoms with Crippen molar-refractivity contribution in [3.8, 4) is 44.5 Å². The minimum Gasteiger partial charge on any atom is -0.429 e. The summed E-state index contributed by atoms with van der Waals surface area (Å²) in [6.07, 6.45) is 0. The van der Waals surface area contributed by atoms with E-state index in [2.05, 4.69) is 155 Å². The summed E-state index contributed by atoms with van der Waals surface area (Å²) in [5, 5.41) is 0. The lowest BCUT2D eigenvalue weighted by Gasteiger charge is -2.30. The molecule has 0 atom stereocenters. The Morgan fingerprint density at radius 3 is 1.16 bits per heavy atom. The van der Waals surface area contributed by atoms with E-state index in [0.717, 1.165) is 0 Å². The second-order valence-electron chi connectivity index (χ2n) is 10.9. The lowest BCUT2D eigenvalue weighted by Crippen LogP contribution is -2.36. The third kappa shape index (κ3) is 5.98. The van der Waals surface area contributed by atoms with Crippen LogP contribution in [0, 0.1) is 5.92 Å². The summed E-state index contributed by atoms with van der Waals surface area (Å²) < 4.78 is 6.44. The van der Waals surface area contributed by atoms with Crippen LogP contribution in [0.1, 0.15) is 27.7 Å². The molecule has 0 saturated carbocycles. The predicted octanol–water partition coefficient (Wildman–Crippen LogP) is 8.78. The van der Waals surface area contributed by atoms with Crippen LogP contribution < -0.4 is 5.46 Å². The summed E-state index contributed by atoms with van der Waals surface area (Å²) in [5.74, 6) is 0.426. The van der Waals surface area contributed by atoms with E-state index in [-0.39, 0.29) is 5.60 Å². The Morgan fingerprint density at radius 2 is 0.789 bits per heavy atom. The SMILES string of the molecule is CC(C)C(C)(C)OBc1cc(-c2ccccc2)cc(-c2cc(-c3ccccc3)cc(-c3ccccc3)c2)c1. The van der Waals surface area contributed by atoms with Gasteiger partial charge in [-0.1, -0.05) is 122 Å². The number of hydrogen-bond donors (Lipinski definition) is 0. The molecule has 0 aromatic heterocycles. The van der Waals surface area contributed by atoms with Gasteiger partial charge in [-0.15, -0.1) is 0 Å². The standard InChI is InChI=1S/C36H35BO/c1-26(2)36(3,4)38-37-35-24-33(29-18-12-7-13-19-29)23-34(25-35)32-21-30(27-14-8-5-9-15-27)20-31(22-32)28-16-10-6-11-17-28/h5-26,37H,1-4H3. The lowest BCUT2D eigenvalue weighted by atomic mass is 9.80. The Hall–Kier alpha value is -3.88. The Bertz CT molecular complexity index is 1430. The van der Waals surface area contributed by atoms with Crippen LogP contribution in [0.4, 0.5) is 0 Å². The van der Waals surface area contributed by atoms with Crippen molar-refractivity contribution in [2.24, 2.45) is 5.92 Å². The zero-order valence-electron chi connectivity index (χ0n) is 22.8. The molecule has 2 heteroatoms. The van der Waals surface area contributed by atoms with Gasteiger partial charge in [0.1, 0.15) is 0 Å². The summed E-state index contributed by atoms with van der Waals surface area (Å²) in [7, 11) is 0.572. The van der Waals surface area contributed by atoms with Crippen LogP contribution in [-0.4, -0.2) is 13.1 Å². The number of benzene rings is 5. The summed E-state index contributed by atoms with van der Waals surface area (Å²) in [5.41, 5.74) is 10.7. The summed E-state index contributed by atoms with van der Waals surface area (Å²) in [4.78, 5) is 0. The zero-order valence-corrected chi connectivity index (χ0v) is 22.8. The predicted molar refractivity (Wildman–Crippen MR) is 165 cm³/mol. The van der Waals surface area contributed by atoms with Crippen molar-refractivity contribution in [1.29, 1.82) is 0 Å². The molecule has 5 aromatic rings. The summed E-state index contributed by atoms with van der Waals surface area (Å²) >= 11 is 0. The molecule has 0 radical (unpaired) electrons. The highest BCUT2D eigenvalue weighted by molar-refractivity contribution is 6.47. The minimum atomic E-state index is -0.198. The first kappa shape index (κ1) is 25.8. The molecule has 0 heterocycles. The molecule has 5 aromatic carbocycles. The first-order chi connectivity index (χ1) is 18.4. The molecule has 0 aliphatic carbocycles. The molecule has 38 heavy (non-hydrogen) atoms. The highest BCUT2D eigenvalue weighted by Gasteiger charge is 2.23. The van der Waals surface area contributed by atoms with Gasteiger partial charge >= 0.3 is 7.48 Å². The first-order valence-corrected chi connectivity index (χ1v) is 13.5. The van der Waals surface area contributed by atoms with Gasteiger partial charge in [-0.2, -0.15) is 0 Å². The van der Waals surface area contributed by atoms with Gasteiger partial charge in [0.15, 0.2) is 0 Å². The van der Waals surface area contributed by atoms with Gasteiger partial charge < -0.3 is 4.65 Å². The quantitative estimate of drug-likeness (QED) is 0.196. The van der Waals surface area contributed by atoms with Gasteiger partial charge in [0.05, 0.1) is 0 Å². The number of hydrogen-bond acceptors (Lipinski definition) is 1. The highest BCUT2D eigenvalue weighted by Crippen LogP contribution is 2.34. The average molecular weight is 494 g/mol. The summed E-state index contributed by atoms with van der Waals surface area (Å²) in [6, 6.07) is 45.7. The maximum atomic E-state index is 6.44. The van der Waals surface area contributed by atoms with Crippen LogP contribution in [0.5, 0.6) is 0 Å². The van der Waals surface area contributed by atoms with Crippen molar-refractivity contribution in [3.05, 3.63) is 127 Å². The third-order valence-corrected chi connectivity index (χ3v) is 7.58. The van der Waals surface area contributed by atoms with Gasteiger partial charge in [-0.25, -0.2) is 0 Å². The van der Waals surface area contributed by atoms with E-state index in [4.69, 9.17) is 4.65 Å².